The SMILES string of the molecule is COC(=O)c1ccc(SCc2c(C)nc(CC(C)C)c(CNC(=O)OC(C)(C)C)c2-c2ccc(C)cc2)cc1. The van der Waals surface area contributed by atoms with E-state index in [9.17, 15) is 9.59 Å². The van der Waals surface area contributed by atoms with E-state index in [1.807, 2.05) is 32.9 Å². The summed E-state index contributed by atoms with van der Waals surface area (Å²) in [5, 5.41) is 2.98. The molecular weight excluding hydrogens is 508 g/mol. The number of alkyl carbamates (subject to hydrolysis) is 1. The maximum absolute atomic E-state index is 12.6. The Bertz CT molecular complexity index is 1290. The molecule has 0 aliphatic carbocycles. The number of aromatic nitrogens is 1. The Morgan fingerprint density at radius 1 is 0.974 bits per heavy atom. The molecule has 1 aromatic heterocycles. The molecule has 2 aromatic carbocycles. The molecule has 1 amide bonds. The van der Waals surface area contributed by atoms with Crippen LogP contribution in [-0.4, -0.2) is 29.8 Å². The summed E-state index contributed by atoms with van der Waals surface area (Å²) in [5.41, 5.74) is 7.42. The van der Waals surface area contributed by atoms with Gasteiger partial charge in [-0.25, -0.2) is 9.59 Å². The number of amides is 1. The summed E-state index contributed by atoms with van der Waals surface area (Å²) in [6.07, 6.45) is 0.350. The molecule has 3 rings (SSSR count). The lowest BCUT2D eigenvalue weighted by Gasteiger charge is -2.23. The van der Waals surface area contributed by atoms with Crippen molar-refractivity contribution in [3.05, 3.63) is 82.2 Å². The molecule has 0 unspecified atom stereocenters. The highest BCUT2D eigenvalue weighted by Crippen LogP contribution is 2.36. The van der Waals surface area contributed by atoms with Gasteiger partial charge in [-0.3, -0.25) is 4.98 Å². The van der Waals surface area contributed by atoms with Crippen LogP contribution >= 0.6 is 11.8 Å². The first-order valence-corrected chi connectivity index (χ1v) is 14.2. The first-order chi connectivity index (χ1) is 18.4. The van der Waals surface area contributed by atoms with Gasteiger partial charge in [-0.05, 0) is 87.9 Å². The van der Waals surface area contributed by atoms with Crippen LogP contribution in [0.3, 0.4) is 0 Å². The van der Waals surface area contributed by atoms with Crippen LogP contribution in [0.25, 0.3) is 11.1 Å². The van der Waals surface area contributed by atoms with Gasteiger partial charge in [-0.1, -0.05) is 43.7 Å². The average molecular weight is 549 g/mol. The van der Waals surface area contributed by atoms with Crippen LogP contribution in [0.15, 0.2) is 53.4 Å². The first kappa shape index (κ1) is 30.2. The van der Waals surface area contributed by atoms with Gasteiger partial charge in [0.2, 0.25) is 0 Å². The summed E-state index contributed by atoms with van der Waals surface area (Å²) in [6.45, 7) is 14.4. The third kappa shape index (κ3) is 8.59. The molecule has 0 spiro atoms. The van der Waals surface area contributed by atoms with E-state index in [0.29, 0.717) is 23.8 Å². The third-order valence-corrected chi connectivity index (χ3v) is 7.14. The predicted octanol–water partition coefficient (Wildman–Crippen LogP) is 7.67. The number of benzene rings is 2. The normalized spacial score (nSPS) is 11.4. The summed E-state index contributed by atoms with van der Waals surface area (Å²) < 4.78 is 10.3. The van der Waals surface area contributed by atoms with Crippen molar-refractivity contribution < 1.29 is 19.1 Å². The van der Waals surface area contributed by atoms with Crippen molar-refractivity contribution in [1.29, 1.82) is 0 Å². The van der Waals surface area contributed by atoms with Crippen molar-refractivity contribution in [2.24, 2.45) is 5.92 Å². The van der Waals surface area contributed by atoms with Crippen LogP contribution in [0, 0.1) is 19.8 Å². The molecule has 208 valence electrons. The molecule has 0 aliphatic heterocycles. The number of aryl methyl sites for hydroxylation is 2. The van der Waals surface area contributed by atoms with Crippen LogP contribution in [-0.2, 0) is 28.2 Å². The highest BCUT2D eigenvalue weighted by Gasteiger charge is 2.22. The number of hydrogen-bond acceptors (Lipinski definition) is 6. The maximum Gasteiger partial charge on any atom is 0.407 e. The maximum atomic E-state index is 12.6. The molecular formula is C32H40N2O4S. The summed E-state index contributed by atoms with van der Waals surface area (Å²) in [6, 6.07) is 15.9. The molecule has 39 heavy (non-hydrogen) atoms. The van der Waals surface area contributed by atoms with Crippen molar-refractivity contribution in [3.63, 3.8) is 0 Å². The number of carbonyl (C=O) groups excluding carboxylic acids is 2. The molecule has 0 fully saturated rings. The Balaban J connectivity index is 2.06. The van der Waals surface area contributed by atoms with Crippen molar-refractivity contribution in [1.82, 2.24) is 10.3 Å². The zero-order chi connectivity index (χ0) is 28.7. The molecule has 0 aliphatic rings. The number of ether oxygens (including phenoxy) is 2. The van der Waals surface area contributed by atoms with E-state index in [2.05, 4.69) is 57.3 Å². The minimum absolute atomic E-state index is 0.318. The molecule has 0 bridgehead atoms. The number of thioether (sulfide) groups is 1. The van der Waals surface area contributed by atoms with Gasteiger partial charge >= 0.3 is 12.1 Å². The number of nitrogens with one attached hydrogen (secondary N) is 1. The molecule has 0 saturated carbocycles. The largest absolute Gasteiger partial charge is 0.465 e. The summed E-state index contributed by atoms with van der Waals surface area (Å²) in [7, 11) is 1.38. The fraction of sp³-hybridized carbons (Fsp3) is 0.406. The van der Waals surface area contributed by atoms with Crippen LogP contribution in [0.1, 0.15) is 73.1 Å². The smallest absolute Gasteiger partial charge is 0.407 e. The van der Waals surface area contributed by atoms with E-state index in [0.717, 1.165) is 45.0 Å². The molecule has 0 saturated heterocycles. The van der Waals surface area contributed by atoms with E-state index in [1.165, 1.54) is 12.7 Å². The van der Waals surface area contributed by atoms with Gasteiger partial charge in [0.05, 0.1) is 12.7 Å². The minimum atomic E-state index is -0.582. The van der Waals surface area contributed by atoms with Gasteiger partial charge in [-0.15, -0.1) is 11.8 Å². The number of pyridine rings is 1. The quantitative estimate of drug-likeness (QED) is 0.218. The second-order valence-electron chi connectivity index (χ2n) is 11.1. The van der Waals surface area contributed by atoms with Crippen molar-refractivity contribution >= 4 is 23.8 Å². The monoisotopic (exact) mass is 548 g/mol. The number of rotatable bonds is 9. The van der Waals surface area contributed by atoms with E-state index in [4.69, 9.17) is 14.5 Å². The predicted molar refractivity (Wildman–Crippen MR) is 158 cm³/mol. The fourth-order valence-corrected chi connectivity index (χ4v) is 5.26. The van der Waals surface area contributed by atoms with E-state index in [1.54, 1.807) is 23.9 Å². The molecule has 7 heteroatoms. The van der Waals surface area contributed by atoms with Gasteiger partial charge in [0.15, 0.2) is 0 Å². The topological polar surface area (TPSA) is 77.5 Å². The van der Waals surface area contributed by atoms with Gasteiger partial charge in [-0.2, -0.15) is 0 Å². The second kappa shape index (κ2) is 13.2. The zero-order valence-electron chi connectivity index (χ0n) is 24.3. The Kier molecular flexibility index (Phi) is 10.2. The Morgan fingerprint density at radius 3 is 2.18 bits per heavy atom. The van der Waals surface area contributed by atoms with Crippen molar-refractivity contribution in [2.45, 2.75) is 77.7 Å². The molecule has 3 aromatic rings. The second-order valence-corrected chi connectivity index (χ2v) is 12.1. The van der Waals surface area contributed by atoms with E-state index in [-0.39, 0.29) is 5.97 Å². The zero-order valence-corrected chi connectivity index (χ0v) is 25.1. The average Bonchev–Trinajstić information content (AvgIpc) is 2.86. The van der Waals surface area contributed by atoms with Gasteiger partial charge in [0.1, 0.15) is 5.60 Å². The lowest BCUT2D eigenvalue weighted by molar-refractivity contribution is 0.0522. The molecule has 0 atom stereocenters. The number of hydrogen-bond donors (Lipinski definition) is 1. The Labute approximate surface area is 236 Å². The third-order valence-electron chi connectivity index (χ3n) is 6.10. The molecule has 1 heterocycles. The molecule has 0 radical (unpaired) electrons. The van der Waals surface area contributed by atoms with Crippen LogP contribution in [0.2, 0.25) is 0 Å². The van der Waals surface area contributed by atoms with Crippen molar-refractivity contribution in [3.8, 4) is 11.1 Å². The van der Waals surface area contributed by atoms with E-state index < -0.39 is 11.7 Å². The highest BCUT2D eigenvalue weighted by molar-refractivity contribution is 7.98. The van der Waals surface area contributed by atoms with Gasteiger partial charge in [0.25, 0.3) is 0 Å². The first-order valence-electron chi connectivity index (χ1n) is 13.2. The standard InChI is InChI=1S/C32H40N2O4S/c1-20(2)17-28-26(18-33-31(36)38-32(5,6)7)29(23-11-9-21(3)10-12-23)27(22(4)34-28)19-39-25-15-13-24(14-16-25)30(35)37-8/h9-16,20H,17-19H2,1-8H3,(H,33,36). The molecule has 6 nitrogen and oxygen atoms in total. The number of nitrogens with zero attached hydrogens (tertiary/aromatic N) is 1. The Morgan fingerprint density at radius 2 is 1.62 bits per heavy atom. The van der Waals surface area contributed by atoms with Gasteiger partial charge in [0, 0.05) is 34.1 Å². The highest BCUT2D eigenvalue weighted by atomic mass is 32.2. The molecule has 1 N–H and O–H groups in total. The van der Waals surface area contributed by atoms with Gasteiger partial charge < -0.3 is 14.8 Å². The summed E-state index contributed by atoms with van der Waals surface area (Å²) in [4.78, 5) is 30.6. The van der Waals surface area contributed by atoms with Crippen LogP contribution in [0.4, 0.5) is 4.79 Å². The van der Waals surface area contributed by atoms with Crippen LogP contribution in [0.5, 0.6) is 0 Å². The lowest BCUT2D eigenvalue weighted by atomic mass is 9.90. The number of carbonyl (C=O) groups is 2. The number of methoxy groups -OCH3 is 1. The Hall–Kier alpha value is -3.32. The lowest BCUT2D eigenvalue weighted by Crippen LogP contribution is -2.32. The summed E-state index contributed by atoms with van der Waals surface area (Å²) >= 11 is 1.68. The van der Waals surface area contributed by atoms with E-state index >= 15 is 0 Å². The van der Waals surface area contributed by atoms with Crippen LogP contribution < -0.4 is 5.32 Å². The minimum Gasteiger partial charge on any atom is -0.465 e. The summed E-state index contributed by atoms with van der Waals surface area (Å²) in [5.74, 6) is 0.730. The fourth-order valence-electron chi connectivity index (χ4n) is 4.27. The number of esters is 1. The van der Waals surface area contributed by atoms with Crippen molar-refractivity contribution in [2.75, 3.05) is 7.11 Å².